The van der Waals surface area contributed by atoms with Crippen molar-refractivity contribution in [2.75, 3.05) is 18.1 Å². The standard InChI is InChI=1S/C15H20FNOS/c16-13-4-2-1-3-12(13)14(17)11-5-7-18-15(9-11)6-8-19-10-15/h1-4,11,14H,5-10,17H2. The predicted molar refractivity (Wildman–Crippen MR) is 76.7 cm³/mol. The summed E-state index contributed by atoms with van der Waals surface area (Å²) >= 11 is 1.95. The van der Waals surface area contributed by atoms with Gasteiger partial charge in [0.05, 0.1) is 5.60 Å². The Hall–Kier alpha value is -0.580. The molecule has 0 saturated carbocycles. The number of rotatable bonds is 2. The van der Waals surface area contributed by atoms with Crippen LogP contribution in [-0.2, 0) is 4.74 Å². The molecule has 19 heavy (non-hydrogen) atoms. The molecule has 3 rings (SSSR count). The van der Waals surface area contributed by atoms with Gasteiger partial charge in [0.2, 0.25) is 0 Å². The van der Waals surface area contributed by atoms with Gasteiger partial charge in [-0.1, -0.05) is 18.2 Å². The van der Waals surface area contributed by atoms with Crippen molar-refractivity contribution in [3.05, 3.63) is 35.6 Å². The summed E-state index contributed by atoms with van der Waals surface area (Å²) in [5.74, 6) is 2.37. The van der Waals surface area contributed by atoms with E-state index in [1.54, 1.807) is 6.07 Å². The first-order valence-electron chi connectivity index (χ1n) is 6.92. The van der Waals surface area contributed by atoms with Gasteiger partial charge in [-0.3, -0.25) is 0 Å². The van der Waals surface area contributed by atoms with Crippen LogP contribution < -0.4 is 5.73 Å². The summed E-state index contributed by atoms with van der Waals surface area (Å²) in [6.45, 7) is 0.757. The molecule has 2 nitrogen and oxygen atoms in total. The van der Waals surface area contributed by atoms with Gasteiger partial charge in [-0.05, 0) is 37.0 Å². The normalized spacial score (nSPS) is 32.6. The molecule has 3 atom stereocenters. The summed E-state index contributed by atoms with van der Waals surface area (Å²) in [6, 6.07) is 6.66. The molecule has 1 aromatic rings. The van der Waals surface area contributed by atoms with Crippen molar-refractivity contribution < 1.29 is 9.13 Å². The molecule has 2 fully saturated rings. The molecule has 2 aliphatic rings. The van der Waals surface area contributed by atoms with Crippen LogP contribution >= 0.6 is 11.8 Å². The minimum Gasteiger partial charge on any atom is -0.374 e. The maximum atomic E-state index is 13.8. The second-order valence-corrected chi connectivity index (χ2v) is 6.74. The van der Waals surface area contributed by atoms with E-state index in [9.17, 15) is 4.39 Å². The Labute approximate surface area is 117 Å². The largest absolute Gasteiger partial charge is 0.374 e. The molecular weight excluding hydrogens is 261 g/mol. The Morgan fingerprint density at radius 1 is 1.42 bits per heavy atom. The van der Waals surface area contributed by atoms with Gasteiger partial charge in [0, 0.05) is 24.0 Å². The summed E-state index contributed by atoms with van der Waals surface area (Å²) in [7, 11) is 0. The van der Waals surface area contributed by atoms with E-state index in [-0.39, 0.29) is 17.5 Å². The van der Waals surface area contributed by atoms with Crippen LogP contribution in [0.25, 0.3) is 0 Å². The first-order chi connectivity index (χ1) is 9.20. The highest BCUT2D eigenvalue weighted by atomic mass is 32.2. The zero-order valence-electron chi connectivity index (χ0n) is 11.0. The van der Waals surface area contributed by atoms with Crippen molar-refractivity contribution >= 4 is 11.8 Å². The molecule has 3 unspecified atom stereocenters. The molecular formula is C15H20FNOS. The lowest BCUT2D eigenvalue weighted by Crippen LogP contribution is -2.42. The highest BCUT2D eigenvalue weighted by Gasteiger charge is 2.42. The van der Waals surface area contributed by atoms with E-state index in [0.717, 1.165) is 31.6 Å². The third kappa shape index (κ3) is 2.67. The molecule has 2 saturated heterocycles. The van der Waals surface area contributed by atoms with Crippen LogP contribution in [-0.4, -0.2) is 23.7 Å². The third-order valence-electron chi connectivity index (χ3n) is 4.37. The van der Waals surface area contributed by atoms with Crippen LogP contribution in [0.3, 0.4) is 0 Å². The molecule has 2 aliphatic heterocycles. The Kier molecular flexibility index (Phi) is 3.83. The van der Waals surface area contributed by atoms with Crippen LogP contribution in [0.2, 0.25) is 0 Å². The van der Waals surface area contributed by atoms with Crippen molar-refractivity contribution in [2.24, 2.45) is 11.7 Å². The lowest BCUT2D eigenvalue weighted by molar-refractivity contribution is -0.0835. The van der Waals surface area contributed by atoms with Crippen molar-refractivity contribution in [3.8, 4) is 0 Å². The van der Waals surface area contributed by atoms with E-state index in [4.69, 9.17) is 10.5 Å². The van der Waals surface area contributed by atoms with Gasteiger partial charge >= 0.3 is 0 Å². The molecule has 2 heterocycles. The first-order valence-corrected chi connectivity index (χ1v) is 8.07. The number of thioether (sulfide) groups is 1. The topological polar surface area (TPSA) is 35.2 Å². The minimum absolute atomic E-state index is 0.0104. The molecule has 0 bridgehead atoms. The summed E-state index contributed by atoms with van der Waals surface area (Å²) < 4.78 is 19.9. The Morgan fingerprint density at radius 3 is 3.00 bits per heavy atom. The molecule has 104 valence electrons. The average Bonchev–Trinajstić information content (AvgIpc) is 2.86. The van der Waals surface area contributed by atoms with Crippen molar-refractivity contribution in [2.45, 2.75) is 30.9 Å². The number of hydrogen-bond acceptors (Lipinski definition) is 3. The van der Waals surface area contributed by atoms with Crippen LogP contribution in [0.5, 0.6) is 0 Å². The lowest BCUT2D eigenvalue weighted by atomic mass is 9.79. The van der Waals surface area contributed by atoms with E-state index in [1.165, 1.54) is 11.8 Å². The smallest absolute Gasteiger partial charge is 0.127 e. The first kappa shape index (κ1) is 13.4. The Morgan fingerprint density at radius 2 is 2.26 bits per heavy atom. The summed E-state index contributed by atoms with van der Waals surface area (Å²) in [5, 5.41) is 0. The lowest BCUT2D eigenvalue weighted by Gasteiger charge is -2.40. The van der Waals surface area contributed by atoms with Crippen molar-refractivity contribution in [1.82, 2.24) is 0 Å². The van der Waals surface area contributed by atoms with Crippen molar-refractivity contribution in [1.29, 1.82) is 0 Å². The van der Waals surface area contributed by atoms with Crippen LogP contribution in [0, 0.1) is 11.7 Å². The van der Waals surface area contributed by atoms with Gasteiger partial charge in [-0.15, -0.1) is 0 Å². The fourth-order valence-electron chi connectivity index (χ4n) is 3.23. The fourth-order valence-corrected chi connectivity index (χ4v) is 4.61. The van der Waals surface area contributed by atoms with Crippen molar-refractivity contribution in [3.63, 3.8) is 0 Å². The van der Waals surface area contributed by atoms with E-state index in [2.05, 4.69) is 0 Å². The maximum Gasteiger partial charge on any atom is 0.127 e. The zero-order chi connectivity index (χ0) is 13.3. The highest BCUT2D eigenvalue weighted by molar-refractivity contribution is 7.99. The third-order valence-corrected chi connectivity index (χ3v) is 5.59. The Balaban J connectivity index is 1.76. The van der Waals surface area contributed by atoms with Crippen LogP contribution in [0.15, 0.2) is 24.3 Å². The summed E-state index contributed by atoms with van der Waals surface area (Å²) in [6.07, 6.45) is 3.01. The molecule has 1 aromatic carbocycles. The number of halogens is 1. The van der Waals surface area contributed by atoms with E-state index in [1.807, 2.05) is 23.9 Å². The number of benzene rings is 1. The molecule has 2 N–H and O–H groups in total. The highest BCUT2D eigenvalue weighted by Crippen LogP contribution is 2.43. The number of hydrogen-bond donors (Lipinski definition) is 1. The van der Waals surface area contributed by atoms with E-state index >= 15 is 0 Å². The second kappa shape index (κ2) is 5.43. The molecule has 1 spiro atoms. The summed E-state index contributed by atoms with van der Waals surface area (Å²) in [5.41, 5.74) is 6.98. The zero-order valence-corrected chi connectivity index (χ0v) is 11.8. The monoisotopic (exact) mass is 281 g/mol. The van der Waals surface area contributed by atoms with Crippen LogP contribution in [0.1, 0.15) is 30.9 Å². The van der Waals surface area contributed by atoms with Crippen LogP contribution in [0.4, 0.5) is 4.39 Å². The quantitative estimate of drug-likeness (QED) is 0.904. The van der Waals surface area contributed by atoms with Gasteiger partial charge in [0.25, 0.3) is 0 Å². The SMILES string of the molecule is NC(c1ccccc1F)C1CCOC2(CCSC2)C1. The molecule has 4 heteroatoms. The van der Waals surface area contributed by atoms with Gasteiger partial charge in [-0.2, -0.15) is 11.8 Å². The van der Waals surface area contributed by atoms with Gasteiger partial charge in [-0.25, -0.2) is 4.39 Å². The molecule has 0 radical (unpaired) electrons. The second-order valence-electron chi connectivity index (χ2n) is 5.63. The van der Waals surface area contributed by atoms with E-state index in [0.29, 0.717) is 11.5 Å². The Bertz CT molecular complexity index is 448. The minimum atomic E-state index is -0.215. The fraction of sp³-hybridized carbons (Fsp3) is 0.600. The van der Waals surface area contributed by atoms with E-state index < -0.39 is 0 Å². The number of ether oxygens (including phenoxy) is 1. The van der Waals surface area contributed by atoms with Gasteiger partial charge in [0.1, 0.15) is 5.82 Å². The summed E-state index contributed by atoms with van der Waals surface area (Å²) in [4.78, 5) is 0. The molecule has 0 aliphatic carbocycles. The van der Waals surface area contributed by atoms with Gasteiger partial charge < -0.3 is 10.5 Å². The predicted octanol–water partition coefficient (Wildman–Crippen LogP) is 3.13. The van der Waals surface area contributed by atoms with Gasteiger partial charge in [0.15, 0.2) is 0 Å². The maximum absolute atomic E-state index is 13.8. The molecule has 0 aromatic heterocycles. The molecule has 0 amide bonds. The number of nitrogens with two attached hydrogens (primary N) is 1. The average molecular weight is 281 g/mol.